The summed E-state index contributed by atoms with van der Waals surface area (Å²) >= 11 is 6.03. The number of benzene rings is 1. The summed E-state index contributed by atoms with van der Waals surface area (Å²) in [4.78, 5) is 22.5. The van der Waals surface area contributed by atoms with E-state index in [-0.39, 0.29) is 10.8 Å². The molecular weight excluding hydrogens is 252 g/mol. The van der Waals surface area contributed by atoms with Crippen molar-refractivity contribution < 1.29 is 0 Å². The van der Waals surface area contributed by atoms with Crippen molar-refractivity contribution in [3.63, 3.8) is 0 Å². The van der Waals surface area contributed by atoms with E-state index in [1.54, 1.807) is 0 Å². The minimum Gasteiger partial charge on any atom is -0.290 e. The maximum absolute atomic E-state index is 12.0. The lowest BCUT2D eigenvalue weighted by atomic mass is 10.2. The van der Waals surface area contributed by atoms with Crippen LogP contribution in [0.1, 0.15) is 5.56 Å². The van der Waals surface area contributed by atoms with Crippen molar-refractivity contribution in [3.8, 4) is 5.69 Å². The quantitative estimate of drug-likeness (QED) is 0.681. The fraction of sp³-hybridized carbons (Fsp3) is 0.0833. The van der Waals surface area contributed by atoms with E-state index in [0.717, 1.165) is 11.3 Å². The Morgan fingerprint density at radius 3 is 2.94 bits per heavy atom. The first-order valence-electron chi connectivity index (χ1n) is 5.35. The average Bonchev–Trinajstić information content (AvgIpc) is 2.67. The second-order valence-corrected chi connectivity index (χ2v) is 4.32. The van der Waals surface area contributed by atoms with Crippen molar-refractivity contribution in [1.29, 1.82) is 0 Å². The zero-order valence-corrected chi connectivity index (χ0v) is 10.3. The molecule has 0 bridgehead atoms. The average molecular weight is 261 g/mol. The monoisotopic (exact) mass is 260 g/mol. The van der Waals surface area contributed by atoms with Crippen molar-refractivity contribution in [2.75, 3.05) is 0 Å². The molecule has 5 nitrogen and oxygen atoms in total. The first-order chi connectivity index (χ1) is 8.66. The number of rotatable bonds is 1. The third-order valence-corrected chi connectivity index (χ3v) is 2.97. The maximum atomic E-state index is 12.0. The molecule has 6 heteroatoms. The van der Waals surface area contributed by atoms with Gasteiger partial charge in [-0.25, -0.2) is 14.8 Å². The molecule has 0 radical (unpaired) electrons. The minimum absolute atomic E-state index is 0.250. The third-order valence-electron chi connectivity index (χ3n) is 2.69. The number of halogens is 1. The molecule has 0 saturated heterocycles. The zero-order chi connectivity index (χ0) is 12.7. The molecule has 0 amide bonds. The van der Waals surface area contributed by atoms with Crippen LogP contribution >= 0.6 is 11.6 Å². The van der Waals surface area contributed by atoms with Crippen LogP contribution in [0.15, 0.2) is 35.4 Å². The van der Waals surface area contributed by atoms with Crippen molar-refractivity contribution in [2.45, 2.75) is 6.92 Å². The summed E-state index contributed by atoms with van der Waals surface area (Å²) in [5.74, 6) is 0. The van der Waals surface area contributed by atoms with E-state index in [1.807, 2.05) is 31.2 Å². The Morgan fingerprint density at radius 1 is 1.33 bits per heavy atom. The molecule has 2 heterocycles. The normalized spacial score (nSPS) is 11.0. The first-order valence-corrected chi connectivity index (χ1v) is 5.73. The molecule has 3 aromatic rings. The molecule has 0 spiro atoms. The highest BCUT2D eigenvalue weighted by Crippen LogP contribution is 2.20. The van der Waals surface area contributed by atoms with Gasteiger partial charge in [0.05, 0.1) is 5.69 Å². The van der Waals surface area contributed by atoms with Crippen LogP contribution in [0.4, 0.5) is 0 Å². The summed E-state index contributed by atoms with van der Waals surface area (Å²) in [5, 5.41) is 0.250. The molecule has 0 aliphatic carbocycles. The molecule has 0 saturated carbocycles. The van der Waals surface area contributed by atoms with Gasteiger partial charge in [-0.05, 0) is 24.6 Å². The van der Waals surface area contributed by atoms with Crippen LogP contribution in [0.2, 0.25) is 5.15 Å². The largest absolute Gasteiger partial charge is 0.332 e. The van der Waals surface area contributed by atoms with Gasteiger partial charge in [0.15, 0.2) is 10.8 Å². The minimum atomic E-state index is -0.280. The summed E-state index contributed by atoms with van der Waals surface area (Å²) in [6.07, 6.45) is 1.32. The summed E-state index contributed by atoms with van der Waals surface area (Å²) in [6.45, 7) is 1.96. The number of hydrogen-bond acceptors (Lipinski definition) is 3. The summed E-state index contributed by atoms with van der Waals surface area (Å²) in [7, 11) is 0. The predicted molar refractivity (Wildman–Crippen MR) is 69.2 cm³/mol. The standard InChI is InChI=1S/C12H9ClN4O/c1-7-3-2-4-8(5-7)17-9-10(13)14-6-15-11(9)16-12(17)18/h2-6H,1H3,(H,14,15,16,18). The van der Waals surface area contributed by atoms with Gasteiger partial charge in [0.25, 0.3) is 0 Å². The van der Waals surface area contributed by atoms with E-state index in [2.05, 4.69) is 15.0 Å². The van der Waals surface area contributed by atoms with Crippen LogP contribution in [0.3, 0.4) is 0 Å². The van der Waals surface area contributed by atoms with Crippen LogP contribution in [0.25, 0.3) is 16.9 Å². The Balaban J connectivity index is 2.42. The van der Waals surface area contributed by atoms with Crippen LogP contribution < -0.4 is 5.69 Å². The molecule has 3 rings (SSSR count). The number of aryl methyl sites for hydroxylation is 1. The van der Waals surface area contributed by atoms with Gasteiger partial charge >= 0.3 is 5.69 Å². The highest BCUT2D eigenvalue weighted by atomic mass is 35.5. The number of H-pyrrole nitrogens is 1. The van der Waals surface area contributed by atoms with E-state index in [9.17, 15) is 4.79 Å². The van der Waals surface area contributed by atoms with Gasteiger partial charge in [0, 0.05) is 0 Å². The van der Waals surface area contributed by atoms with Crippen LogP contribution in [0.5, 0.6) is 0 Å². The van der Waals surface area contributed by atoms with Crippen molar-refractivity contribution in [3.05, 3.63) is 51.8 Å². The van der Waals surface area contributed by atoms with Crippen LogP contribution in [0, 0.1) is 6.92 Å². The van der Waals surface area contributed by atoms with Gasteiger partial charge in [-0.15, -0.1) is 0 Å². The lowest BCUT2D eigenvalue weighted by molar-refractivity contribution is 1.01. The van der Waals surface area contributed by atoms with Gasteiger partial charge in [0.2, 0.25) is 0 Å². The molecule has 0 aliphatic rings. The van der Waals surface area contributed by atoms with Gasteiger partial charge in [-0.2, -0.15) is 0 Å². The lowest BCUT2D eigenvalue weighted by Crippen LogP contribution is -2.14. The second-order valence-electron chi connectivity index (χ2n) is 3.97. The third kappa shape index (κ3) is 1.60. The second kappa shape index (κ2) is 3.96. The van der Waals surface area contributed by atoms with E-state index in [4.69, 9.17) is 11.6 Å². The number of nitrogens with zero attached hydrogens (tertiary/aromatic N) is 3. The van der Waals surface area contributed by atoms with E-state index in [0.29, 0.717) is 11.2 Å². The SMILES string of the molecule is Cc1cccc(-n2c(=O)[nH]c3ncnc(Cl)c32)c1. The number of imidazole rings is 1. The summed E-state index contributed by atoms with van der Waals surface area (Å²) < 4.78 is 1.48. The van der Waals surface area contributed by atoms with Crippen molar-refractivity contribution in [1.82, 2.24) is 19.5 Å². The molecule has 18 heavy (non-hydrogen) atoms. The molecule has 1 N–H and O–H groups in total. The van der Waals surface area contributed by atoms with Crippen LogP contribution in [-0.2, 0) is 0 Å². The maximum Gasteiger partial charge on any atom is 0.332 e. The smallest absolute Gasteiger partial charge is 0.290 e. The molecule has 0 atom stereocenters. The molecule has 2 aromatic heterocycles. The Bertz CT molecular complexity index is 790. The zero-order valence-electron chi connectivity index (χ0n) is 9.51. The van der Waals surface area contributed by atoms with E-state index < -0.39 is 0 Å². The number of nitrogens with one attached hydrogen (secondary N) is 1. The molecule has 0 fully saturated rings. The topological polar surface area (TPSA) is 63.6 Å². The Morgan fingerprint density at radius 2 is 2.17 bits per heavy atom. The first kappa shape index (κ1) is 11.0. The number of aromatic nitrogens is 4. The molecule has 90 valence electrons. The van der Waals surface area contributed by atoms with Gasteiger partial charge < -0.3 is 0 Å². The van der Waals surface area contributed by atoms with E-state index in [1.165, 1.54) is 10.9 Å². The highest BCUT2D eigenvalue weighted by molar-refractivity contribution is 6.33. The lowest BCUT2D eigenvalue weighted by Gasteiger charge is -2.04. The Labute approximate surface area is 107 Å². The van der Waals surface area contributed by atoms with Crippen LogP contribution in [-0.4, -0.2) is 19.5 Å². The van der Waals surface area contributed by atoms with Gasteiger partial charge in [-0.1, -0.05) is 23.7 Å². The molecule has 0 unspecified atom stereocenters. The molecule has 0 aliphatic heterocycles. The summed E-state index contributed by atoms with van der Waals surface area (Å²) in [6, 6.07) is 7.58. The Kier molecular flexibility index (Phi) is 2.41. The molecular formula is C12H9ClN4O. The number of aromatic amines is 1. The highest BCUT2D eigenvalue weighted by Gasteiger charge is 2.13. The number of hydrogen-bond donors (Lipinski definition) is 1. The molecule has 1 aromatic carbocycles. The van der Waals surface area contributed by atoms with Crippen molar-refractivity contribution in [2.24, 2.45) is 0 Å². The fourth-order valence-electron chi connectivity index (χ4n) is 1.92. The number of fused-ring (bicyclic) bond motifs is 1. The van der Waals surface area contributed by atoms with Crippen molar-refractivity contribution >= 4 is 22.8 Å². The Hall–Kier alpha value is -2.14. The van der Waals surface area contributed by atoms with Gasteiger partial charge in [0.1, 0.15) is 11.8 Å². The fourth-order valence-corrected chi connectivity index (χ4v) is 2.14. The summed E-state index contributed by atoms with van der Waals surface area (Å²) in [5.41, 5.74) is 2.44. The van der Waals surface area contributed by atoms with Gasteiger partial charge in [-0.3, -0.25) is 9.55 Å². The predicted octanol–water partition coefficient (Wildman–Crippen LogP) is 2.07. The van der Waals surface area contributed by atoms with E-state index >= 15 is 0 Å².